The molecule has 1 rings (SSSR count). The van der Waals surface area contributed by atoms with Gasteiger partial charge in [-0.1, -0.05) is 0 Å². The molecule has 0 saturated carbocycles. The summed E-state index contributed by atoms with van der Waals surface area (Å²) in [5.74, 6) is -1.35. The van der Waals surface area contributed by atoms with E-state index in [0.29, 0.717) is 11.4 Å². The second-order valence-electron chi connectivity index (χ2n) is 5.29. The molecule has 1 aromatic carbocycles. The van der Waals surface area contributed by atoms with E-state index >= 15 is 0 Å². The number of benzene rings is 1. The summed E-state index contributed by atoms with van der Waals surface area (Å²) in [6.07, 6.45) is 0. The summed E-state index contributed by atoms with van der Waals surface area (Å²) in [5, 5.41) is 0. The second kappa shape index (κ2) is 11.6. The molecule has 0 radical (unpaired) electrons. The predicted molar refractivity (Wildman–Crippen MR) is 98.5 cm³/mol. The van der Waals surface area contributed by atoms with Crippen LogP contribution in [0.2, 0.25) is 0 Å². The first-order chi connectivity index (χ1) is 12.9. The van der Waals surface area contributed by atoms with Crippen molar-refractivity contribution in [2.45, 2.75) is 20.8 Å². The van der Waals surface area contributed by atoms with Crippen LogP contribution in [-0.4, -0.2) is 57.4 Å². The van der Waals surface area contributed by atoms with Gasteiger partial charge in [0.2, 0.25) is 0 Å². The Hall–Kier alpha value is -2.97. The van der Waals surface area contributed by atoms with Crippen LogP contribution in [0.25, 0.3) is 0 Å². The van der Waals surface area contributed by atoms with Crippen molar-refractivity contribution in [3.63, 3.8) is 0 Å². The van der Waals surface area contributed by atoms with Crippen LogP contribution in [0, 0.1) is 0 Å². The van der Waals surface area contributed by atoms with E-state index < -0.39 is 17.9 Å². The van der Waals surface area contributed by atoms with Crippen LogP contribution in [0.3, 0.4) is 0 Å². The molecule has 0 fully saturated rings. The van der Waals surface area contributed by atoms with E-state index in [0.717, 1.165) is 0 Å². The number of nitrogens with zero attached hydrogens (tertiary/aromatic N) is 1. The zero-order valence-corrected chi connectivity index (χ0v) is 15.9. The van der Waals surface area contributed by atoms with Gasteiger partial charge >= 0.3 is 17.9 Å². The van der Waals surface area contributed by atoms with E-state index in [9.17, 15) is 14.4 Å². The molecule has 1 aromatic rings. The van der Waals surface area contributed by atoms with Crippen LogP contribution in [0.4, 0.5) is 11.4 Å². The highest BCUT2D eigenvalue weighted by Crippen LogP contribution is 2.30. The molecule has 2 N–H and O–H groups in total. The normalized spacial score (nSPS) is 10.0. The highest BCUT2D eigenvalue weighted by molar-refractivity contribution is 5.83. The molecule has 0 aliphatic rings. The minimum atomic E-state index is -0.548. The van der Waals surface area contributed by atoms with Crippen LogP contribution in [-0.2, 0) is 28.6 Å². The number of ether oxygens (including phenoxy) is 4. The minimum Gasteiger partial charge on any atom is -0.480 e. The SMILES string of the molecule is CCOC(=O)COc1cc(N)ccc1N(CC(=O)OCC)CC(=O)OCC. The Morgan fingerprint density at radius 3 is 1.93 bits per heavy atom. The number of nitrogen functional groups attached to an aromatic ring is 1. The number of carbonyl (C=O) groups is 3. The van der Waals surface area contributed by atoms with Gasteiger partial charge in [0.1, 0.15) is 18.8 Å². The molecular formula is C18H26N2O7. The third-order valence-electron chi connectivity index (χ3n) is 3.23. The Morgan fingerprint density at radius 1 is 0.889 bits per heavy atom. The van der Waals surface area contributed by atoms with Gasteiger partial charge in [-0.15, -0.1) is 0 Å². The van der Waals surface area contributed by atoms with Crippen LogP contribution < -0.4 is 15.4 Å². The maximum atomic E-state index is 11.9. The molecule has 9 nitrogen and oxygen atoms in total. The van der Waals surface area contributed by atoms with Crippen molar-refractivity contribution >= 4 is 29.3 Å². The Balaban J connectivity index is 3.08. The Kier molecular flexibility index (Phi) is 9.49. The summed E-state index contributed by atoms with van der Waals surface area (Å²) in [4.78, 5) is 36.9. The molecule has 0 atom stereocenters. The lowest BCUT2D eigenvalue weighted by Gasteiger charge is -2.25. The molecule has 150 valence electrons. The zero-order valence-electron chi connectivity index (χ0n) is 15.9. The number of carbonyl (C=O) groups excluding carboxylic acids is 3. The highest BCUT2D eigenvalue weighted by atomic mass is 16.6. The summed E-state index contributed by atoms with van der Waals surface area (Å²) in [6.45, 7) is 4.96. The molecule has 0 unspecified atom stereocenters. The maximum Gasteiger partial charge on any atom is 0.344 e. The van der Waals surface area contributed by atoms with Crippen molar-refractivity contribution < 1.29 is 33.3 Å². The van der Waals surface area contributed by atoms with Gasteiger partial charge < -0.3 is 29.6 Å². The molecule has 0 aromatic heterocycles. The van der Waals surface area contributed by atoms with Gasteiger partial charge in [-0.25, -0.2) is 4.79 Å². The van der Waals surface area contributed by atoms with Crippen LogP contribution in [0.1, 0.15) is 20.8 Å². The topological polar surface area (TPSA) is 117 Å². The average Bonchev–Trinajstić information content (AvgIpc) is 2.60. The van der Waals surface area contributed by atoms with Gasteiger partial charge in [0.25, 0.3) is 0 Å². The van der Waals surface area contributed by atoms with E-state index in [-0.39, 0.29) is 45.3 Å². The molecule has 0 bridgehead atoms. The zero-order chi connectivity index (χ0) is 20.2. The minimum absolute atomic E-state index is 0.202. The summed E-state index contributed by atoms with van der Waals surface area (Å²) >= 11 is 0. The number of hydrogen-bond donors (Lipinski definition) is 1. The quantitative estimate of drug-likeness (QED) is 0.341. The van der Waals surface area contributed by atoms with Crippen molar-refractivity contribution in [1.82, 2.24) is 0 Å². The van der Waals surface area contributed by atoms with E-state index in [1.54, 1.807) is 32.9 Å². The van der Waals surface area contributed by atoms with Crippen molar-refractivity contribution in [2.24, 2.45) is 0 Å². The smallest absolute Gasteiger partial charge is 0.344 e. The van der Waals surface area contributed by atoms with E-state index in [2.05, 4.69) is 0 Å². The lowest BCUT2D eigenvalue weighted by Crippen LogP contribution is -2.36. The number of hydrogen-bond acceptors (Lipinski definition) is 9. The molecule has 0 heterocycles. The van der Waals surface area contributed by atoms with E-state index in [1.165, 1.54) is 11.0 Å². The van der Waals surface area contributed by atoms with E-state index in [4.69, 9.17) is 24.7 Å². The first kappa shape index (κ1) is 22.1. The number of nitrogens with two attached hydrogens (primary N) is 1. The molecular weight excluding hydrogens is 356 g/mol. The number of esters is 3. The lowest BCUT2D eigenvalue weighted by molar-refractivity contribution is -0.146. The summed E-state index contributed by atoms with van der Waals surface area (Å²) in [5.41, 5.74) is 6.58. The Morgan fingerprint density at radius 2 is 1.41 bits per heavy atom. The second-order valence-corrected chi connectivity index (χ2v) is 5.29. The largest absolute Gasteiger partial charge is 0.480 e. The molecule has 0 saturated heterocycles. The third kappa shape index (κ3) is 7.85. The summed E-state index contributed by atoms with van der Waals surface area (Å²) in [6, 6.07) is 4.68. The molecule has 0 amide bonds. The molecule has 9 heteroatoms. The summed E-state index contributed by atoms with van der Waals surface area (Å²) in [7, 11) is 0. The fourth-order valence-electron chi connectivity index (χ4n) is 2.20. The van der Waals surface area contributed by atoms with Crippen LogP contribution >= 0.6 is 0 Å². The average molecular weight is 382 g/mol. The first-order valence-electron chi connectivity index (χ1n) is 8.65. The predicted octanol–water partition coefficient (Wildman–Crippen LogP) is 1.14. The Bertz CT molecular complexity index is 629. The van der Waals surface area contributed by atoms with Crippen LogP contribution in [0.5, 0.6) is 5.75 Å². The maximum absolute atomic E-state index is 11.9. The van der Waals surface area contributed by atoms with Crippen molar-refractivity contribution in [1.29, 1.82) is 0 Å². The third-order valence-corrected chi connectivity index (χ3v) is 3.23. The summed E-state index contributed by atoms with van der Waals surface area (Å²) < 4.78 is 20.2. The number of rotatable bonds is 11. The van der Waals surface area contributed by atoms with Gasteiger partial charge in [-0.05, 0) is 32.9 Å². The van der Waals surface area contributed by atoms with Gasteiger partial charge in [0.15, 0.2) is 6.61 Å². The van der Waals surface area contributed by atoms with Crippen LogP contribution in [0.15, 0.2) is 18.2 Å². The van der Waals surface area contributed by atoms with Crippen molar-refractivity contribution in [3.8, 4) is 5.75 Å². The first-order valence-corrected chi connectivity index (χ1v) is 8.65. The van der Waals surface area contributed by atoms with E-state index in [1.807, 2.05) is 0 Å². The molecule has 27 heavy (non-hydrogen) atoms. The molecule has 0 aliphatic heterocycles. The van der Waals surface area contributed by atoms with Gasteiger partial charge in [0.05, 0.1) is 25.5 Å². The van der Waals surface area contributed by atoms with Gasteiger partial charge in [-0.3, -0.25) is 9.59 Å². The standard InChI is InChI=1S/C18H26N2O7/c1-4-24-16(21)10-20(11-17(22)25-5-2)14-8-7-13(19)9-15(14)27-12-18(23)26-6-3/h7-9H,4-6,10-12,19H2,1-3H3. The molecule has 0 spiro atoms. The van der Waals surface area contributed by atoms with Gasteiger partial charge in [-0.2, -0.15) is 0 Å². The monoisotopic (exact) mass is 382 g/mol. The number of anilines is 2. The van der Waals surface area contributed by atoms with Crippen molar-refractivity contribution in [2.75, 3.05) is 50.2 Å². The Labute approximate surface area is 158 Å². The lowest BCUT2D eigenvalue weighted by atomic mass is 10.2. The fourth-order valence-corrected chi connectivity index (χ4v) is 2.20. The molecule has 0 aliphatic carbocycles. The van der Waals surface area contributed by atoms with Gasteiger partial charge in [0, 0.05) is 11.8 Å². The van der Waals surface area contributed by atoms with Crippen molar-refractivity contribution in [3.05, 3.63) is 18.2 Å². The highest BCUT2D eigenvalue weighted by Gasteiger charge is 2.21. The fraction of sp³-hybridized carbons (Fsp3) is 0.500.